The van der Waals surface area contributed by atoms with Crippen LogP contribution >= 0.6 is 0 Å². The second-order valence-corrected chi connectivity index (χ2v) is 4.95. The van der Waals surface area contributed by atoms with Gasteiger partial charge < -0.3 is 4.57 Å². The third kappa shape index (κ3) is 3.46. The molecule has 1 aromatic carbocycles. The first-order valence-electron chi connectivity index (χ1n) is 6.80. The maximum Gasteiger partial charge on any atom is 0.276 e. The summed E-state index contributed by atoms with van der Waals surface area (Å²) in [6, 6.07) is 9.03. The Kier molecular flexibility index (Phi) is 4.83. The van der Waals surface area contributed by atoms with Crippen molar-refractivity contribution in [1.82, 2.24) is 9.99 Å². The van der Waals surface area contributed by atoms with Crippen molar-refractivity contribution >= 4 is 12.1 Å². The lowest BCUT2D eigenvalue weighted by Gasteiger charge is -2.10. The number of carbonyl (C=O) groups excluding carboxylic acids is 1. The topological polar surface area (TPSA) is 63.5 Å². The van der Waals surface area contributed by atoms with Gasteiger partial charge in [0.1, 0.15) is 11.4 Å². The third-order valence-corrected chi connectivity index (χ3v) is 3.05. The first kappa shape index (κ1) is 15.6. The highest BCUT2D eigenvalue weighted by molar-refractivity contribution is 5.94. The van der Waals surface area contributed by atoms with Crippen molar-refractivity contribution in [2.45, 2.75) is 19.9 Å². The van der Waals surface area contributed by atoms with E-state index in [9.17, 15) is 14.0 Å². The first-order chi connectivity index (χ1) is 10.5. The normalized spacial score (nSPS) is 11.1. The van der Waals surface area contributed by atoms with Crippen LogP contribution in [0.15, 0.2) is 52.5 Å². The van der Waals surface area contributed by atoms with E-state index in [1.165, 1.54) is 29.0 Å². The quantitative estimate of drug-likeness (QED) is 0.696. The molecule has 0 fully saturated rings. The molecule has 0 aliphatic carbocycles. The van der Waals surface area contributed by atoms with Crippen LogP contribution in [0.25, 0.3) is 0 Å². The highest BCUT2D eigenvalue weighted by atomic mass is 19.1. The Morgan fingerprint density at radius 1 is 1.27 bits per heavy atom. The summed E-state index contributed by atoms with van der Waals surface area (Å²) >= 11 is 0. The van der Waals surface area contributed by atoms with Gasteiger partial charge >= 0.3 is 0 Å². The molecule has 0 spiro atoms. The lowest BCUT2D eigenvalue weighted by atomic mass is 10.2. The molecule has 0 aliphatic rings. The van der Waals surface area contributed by atoms with Gasteiger partial charge in [0.15, 0.2) is 0 Å². The van der Waals surface area contributed by atoms with E-state index < -0.39 is 17.3 Å². The number of nitrogens with zero attached hydrogens (tertiary/aromatic N) is 2. The predicted octanol–water partition coefficient (Wildman–Crippen LogP) is 2.33. The van der Waals surface area contributed by atoms with Crippen LogP contribution in [0.1, 0.15) is 35.8 Å². The van der Waals surface area contributed by atoms with Gasteiger partial charge in [-0.05, 0) is 32.0 Å². The molecule has 0 atom stereocenters. The van der Waals surface area contributed by atoms with Crippen molar-refractivity contribution < 1.29 is 9.18 Å². The molecular weight excluding hydrogens is 285 g/mol. The number of aromatic nitrogens is 1. The Morgan fingerprint density at radius 2 is 2.00 bits per heavy atom. The molecule has 1 aromatic heterocycles. The summed E-state index contributed by atoms with van der Waals surface area (Å²) in [7, 11) is 0. The Morgan fingerprint density at radius 3 is 2.68 bits per heavy atom. The first-order valence-corrected chi connectivity index (χ1v) is 6.80. The van der Waals surface area contributed by atoms with E-state index in [1.807, 2.05) is 13.8 Å². The molecule has 0 bridgehead atoms. The average molecular weight is 301 g/mol. The van der Waals surface area contributed by atoms with Gasteiger partial charge in [-0.3, -0.25) is 9.59 Å². The smallest absolute Gasteiger partial charge is 0.276 e. The van der Waals surface area contributed by atoms with Gasteiger partial charge in [0.25, 0.3) is 11.5 Å². The predicted molar refractivity (Wildman–Crippen MR) is 82.5 cm³/mol. The molecule has 0 saturated heterocycles. The summed E-state index contributed by atoms with van der Waals surface area (Å²) in [6.45, 7) is 3.69. The molecule has 0 aliphatic heterocycles. The highest BCUT2D eigenvalue weighted by Gasteiger charge is 2.12. The lowest BCUT2D eigenvalue weighted by molar-refractivity contribution is 0.0953. The van der Waals surface area contributed by atoms with Crippen molar-refractivity contribution in [3.63, 3.8) is 0 Å². The molecule has 0 saturated carbocycles. The monoisotopic (exact) mass is 301 g/mol. The van der Waals surface area contributed by atoms with Gasteiger partial charge in [0.2, 0.25) is 0 Å². The Hall–Kier alpha value is -2.76. The second kappa shape index (κ2) is 6.80. The third-order valence-electron chi connectivity index (χ3n) is 3.05. The summed E-state index contributed by atoms with van der Waals surface area (Å²) in [4.78, 5) is 24.1. The van der Waals surface area contributed by atoms with Crippen LogP contribution in [0.5, 0.6) is 0 Å². The van der Waals surface area contributed by atoms with Gasteiger partial charge in [0.05, 0.1) is 6.21 Å². The molecule has 0 unspecified atom stereocenters. The van der Waals surface area contributed by atoms with Crippen molar-refractivity contribution in [1.29, 1.82) is 0 Å². The largest absolute Gasteiger partial charge is 0.312 e. The number of hydrazone groups is 1. The van der Waals surface area contributed by atoms with Crippen LogP contribution < -0.4 is 11.0 Å². The molecule has 0 radical (unpaired) electrons. The molecule has 1 N–H and O–H groups in total. The SMILES string of the molecule is CC(C)n1cccc(C(=O)N/N=C\c2ccccc2F)c1=O. The van der Waals surface area contributed by atoms with E-state index in [2.05, 4.69) is 10.5 Å². The van der Waals surface area contributed by atoms with Crippen LogP contribution in [-0.4, -0.2) is 16.7 Å². The summed E-state index contributed by atoms with van der Waals surface area (Å²) < 4.78 is 14.8. The number of hydrogen-bond donors (Lipinski definition) is 1. The van der Waals surface area contributed by atoms with Crippen LogP contribution in [-0.2, 0) is 0 Å². The standard InChI is InChI=1S/C16H16FN3O2/c1-11(2)20-9-5-7-13(16(20)22)15(21)19-18-10-12-6-3-4-8-14(12)17/h3-11H,1-2H3,(H,19,21)/b18-10-. The van der Waals surface area contributed by atoms with Crippen LogP contribution in [0, 0.1) is 5.82 Å². The zero-order valence-electron chi connectivity index (χ0n) is 12.3. The molecule has 2 rings (SSSR count). The number of benzene rings is 1. The van der Waals surface area contributed by atoms with Crippen LogP contribution in [0.3, 0.4) is 0 Å². The van der Waals surface area contributed by atoms with Gasteiger partial charge in [0, 0.05) is 17.8 Å². The van der Waals surface area contributed by atoms with Gasteiger partial charge in [-0.2, -0.15) is 5.10 Å². The summed E-state index contributed by atoms with van der Waals surface area (Å²) in [5, 5.41) is 3.68. The zero-order chi connectivity index (χ0) is 16.1. The minimum absolute atomic E-state index is 0.0121. The second-order valence-electron chi connectivity index (χ2n) is 4.95. The fourth-order valence-corrected chi connectivity index (χ4v) is 1.89. The van der Waals surface area contributed by atoms with Crippen molar-refractivity contribution in [3.8, 4) is 0 Å². The number of halogens is 1. The van der Waals surface area contributed by atoms with E-state index >= 15 is 0 Å². The molecule has 114 valence electrons. The fraction of sp³-hybridized carbons (Fsp3) is 0.188. The number of nitrogens with one attached hydrogen (secondary N) is 1. The molecule has 1 amide bonds. The molecule has 22 heavy (non-hydrogen) atoms. The number of amides is 1. The van der Waals surface area contributed by atoms with Gasteiger partial charge in [-0.25, -0.2) is 9.82 Å². The van der Waals surface area contributed by atoms with Crippen LogP contribution in [0.2, 0.25) is 0 Å². The van der Waals surface area contributed by atoms with E-state index in [4.69, 9.17) is 0 Å². The van der Waals surface area contributed by atoms with Gasteiger partial charge in [-0.1, -0.05) is 18.2 Å². The Labute approximate surface area is 127 Å². The Balaban J connectivity index is 2.15. The minimum atomic E-state index is -0.632. The van der Waals surface area contributed by atoms with Crippen LogP contribution in [0.4, 0.5) is 4.39 Å². The molecule has 2 aromatic rings. The van der Waals surface area contributed by atoms with E-state index in [1.54, 1.807) is 24.4 Å². The molecular formula is C16H16FN3O2. The van der Waals surface area contributed by atoms with Gasteiger partial charge in [-0.15, -0.1) is 0 Å². The summed E-state index contributed by atoms with van der Waals surface area (Å²) in [5.41, 5.74) is 2.07. The summed E-state index contributed by atoms with van der Waals surface area (Å²) in [5.74, 6) is -1.07. The van der Waals surface area contributed by atoms with E-state index in [0.717, 1.165) is 0 Å². The zero-order valence-corrected chi connectivity index (χ0v) is 12.3. The highest BCUT2D eigenvalue weighted by Crippen LogP contribution is 2.03. The molecule has 1 heterocycles. The maximum atomic E-state index is 13.4. The number of pyridine rings is 1. The van der Waals surface area contributed by atoms with Crippen molar-refractivity contribution in [2.24, 2.45) is 5.10 Å². The molecule has 6 heteroatoms. The molecule has 5 nitrogen and oxygen atoms in total. The lowest BCUT2D eigenvalue weighted by Crippen LogP contribution is -2.31. The number of hydrogen-bond acceptors (Lipinski definition) is 3. The minimum Gasteiger partial charge on any atom is -0.312 e. The number of rotatable bonds is 4. The average Bonchev–Trinajstić information content (AvgIpc) is 2.49. The summed E-state index contributed by atoms with van der Waals surface area (Å²) in [6.07, 6.45) is 2.81. The van der Waals surface area contributed by atoms with E-state index in [-0.39, 0.29) is 17.2 Å². The van der Waals surface area contributed by atoms with Crippen molar-refractivity contribution in [2.75, 3.05) is 0 Å². The Bertz CT molecular complexity index is 766. The van der Waals surface area contributed by atoms with Crippen molar-refractivity contribution in [3.05, 3.63) is 69.9 Å². The fourth-order valence-electron chi connectivity index (χ4n) is 1.89. The number of carbonyl (C=O) groups is 1. The van der Waals surface area contributed by atoms with E-state index in [0.29, 0.717) is 0 Å². The maximum absolute atomic E-state index is 13.4.